The van der Waals surface area contributed by atoms with Crippen LogP contribution in [0.5, 0.6) is 0 Å². The second-order valence-corrected chi connectivity index (χ2v) is 8.53. The molecular weight excluding hydrogens is 390 g/mol. The average molecular weight is 409 g/mol. The summed E-state index contributed by atoms with van der Waals surface area (Å²) in [5.41, 5.74) is 1.85. The van der Waals surface area contributed by atoms with Gasteiger partial charge in [0.1, 0.15) is 6.54 Å². The fourth-order valence-electron chi connectivity index (χ4n) is 3.43. The van der Waals surface area contributed by atoms with Crippen LogP contribution in [0.3, 0.4) is 0 Å². The lowest BCUT2D eigenvalue weighted by Gasteiger charge is -2.18. The highest BCUT2D eigenvalue weighted by Crippen LogP contribution is 2.41. The van der Waals surface area contributed by atoms with Crippen molar-refractivity contribution in [3.8, 4) is 0 Å². The molecule has 148 valence electrons. The van der Waals surface area contributed by atoms with E-state index < -0.39 is 15.9 Å². The highest BCUT2D eigenvalue weighted by Gasteiger charge is 2.36. The molecule has 0 atom stereocenters. The summed E-state index contributed by atoms with van der Waals surface area (Å²) < 4.78 is 27.0. The molecule has 1 heterocycles. The number of anilines is 1. The minimum atomic E-state index is -3.77. The van der Waals surface area contributed by atoms with Gasteiger partial charge in [-0.05, 0) is 35.2 Å². The highest BCUT2D eigenvalue weighted by atomic mass is 32.2. The number of rotatable bonds is 5. The average Bonchev–Trinajstić information content (AvgIpc) is 2.95. The summed E-state index contributed by atoms with van der Waals surface area (Å²) in [4.78, 5) is 24.3. The molecule has 3 aromatic rings. The fraction of sp³-hybridized carbons (Fsp3) is 0.143. The number of nitrogens with zero attached hydrogens (tertiary/aromatic N) is 1. The third kappa shape index (κ3) is 3.31. The van der Waals surface area contributed by atoms with Gasteiger partial charge in [-0.3, -0.25) is 13.9 Å². The van der Waals surface area contributed by atoms with Crippen molar-refractivity contribution in [2.75, 3.05) is 17.9 Å². The van der Waals surface area contributed by atoms with Gasteiger partial charge in [0.2, 0.25) is 5.91 Å². The molecule has 0 aliphatic carbocycles. The molecule has 0 fully saturated rings. The Kier molecular flexibility index (Phi) is 4.71. The van der Waals surface area contributed by atoms with Crippen LogP contribution in [0.1, 0.15) is 15.9 Å². The molecule has 0 saturated carbocycles. The molecule has 0 bridgehead atoms. The Morgan fingerprint density at radius 3 is 2.34 bits per heavy atom. The van der Waals surface area contributed by atoms with E-state index in [0.717, 1.165) is 15.3 Å². The van der Waals surface area contributed by atoms with Crippen LogP contribution in [0.15, 0.2) is 65.6 Å². The summed E-state index contributed by atoms with van der Waals surface area (Å²) in [6.45, 7) is -0.0651. The molecule has 2 N–H and O–H groups in total. The van der Waals surface area contributed by atoms with Crippen molar-refractivity contribution in [1.29, 1.82) is 0 Å². The molecule has 0 aromatic heterocycles. The molecule has 0 radical (unpaired) electrons. The second kappa shape index (κ2) is 7.21. The molecule has 3 aromatic carbocycles. The molecule has 4 rings (SSSR count). The molecule has 7 nitrogen and oxygen atoms in total. The van der Waals surface area contributed by atoms with Crippen LogP contribution in [0.4, 0.5) is 5.69 Å². The molecule has 1 aliphatic rings. The normalized spacial score (nSPS) is 14.0. The number of benzene rings is 3. The number of carbonyl (C=O) groups excluding carboxylic acids is 2. The van der Waals surface area contributed by atoms with E-state index in [2.05, 4.69) is 10.6 Å². The van der Waals surface area contributed by atoms with E-state index in [4.69, 9.17) is 0 Å². The lowest BCUT2D eigenvalue weighted by Crippen LogP contribution is -2.38. The van der Waals surface area contributed by atoms with E-state index in [1.54, 1.807) is 55.6 Å². The van der Waals surface area contributed by atoms with Crippen molar-refractivity contribution in [3.63, 3.8) is 0 Å². The zero-order valence-corrected chi connectivity index (χ0v) is 16.5. The van der Waals surface area contributed by atoms with Crippen molar-refractivity contribution < 1.29 is 18.0 Å². The van der Waals surface area contributed by atoms with Crippen molar-refractivity contribution >= 4 is 38.3 Å². The van der Waals surface area contributed by atoms with E-state index in [0.29, 0.717) is 16.6 Å². The van der Waals surface area contributed by atoms with Crippen LogP contribution in [0, 0.1) is 0 Å². The van der Waals surface area contributed by atoms with Gasteiger partial charge in [0.25, 0.3) is 15.9 Å². The zero-order valence-electron chi connectivity index (χ0n) is 15.7. The van der Waals surface area contributed by atoms with Crippen molar-refractivity contribution in [2.45, 2.75) is 11.4 Å². The van der Waals surface area contributed by atoms with Crippen molar-refractivity contribution in [3.05, 3.63) is 71.8 Å². The van der Waals surface area contributed by atoms with Crippen molar-refractivity contribution in [1.82, 2.24) is 10.6 Å². The maximum Gasteiger partial charge on any atom is 0.265 e. The largest absolute Gasteiger partial charge is 0.355 e. The predicted octanol–water partition coefficient (Wildman–Crippen LogP) is 2.02. The Bertz CT molecular complexity index is 1220. The Balaban J connectivity index is 1.48. The van der Waals surface area contributed by atoms with Gasteiger partial charge in [-0.25, -0.2) is 8.42 Å². The topological polar surface area (TPSA) is 95.6 Å². The van der Waals surface area contributed by atoms with Gasteiger partial charge < -0.3 is 10.6 Å². The predicted molar refractivity (Wildman–Crippen MR) is 110 cm³/mol. The third-order valence-corrected chi connectivity index (χ3v) is 6.70. The van der Waals surface area contributed by atoms with E-state index in [1.807, 2.05) is 12.1 Å². The fourth-order valence-corrected chi connectivity index (χ4v) is 5.10. The van der Waals surface area contributed by atoms with Gasteiger partial charge >= 0.3 is 0 Å². The SMILES string of the molecule is CNC(=O)c1ccc(CNC(=O)CN2c3cccc4cccc(c34)S2(=O)=O)cc1. The first-order chi connectivity index (χ1) is 13.9. The van der Waals surface area contributed by atoms with E-state index in [-0.39, 0.29) is 23.9 Å². The van der Waals surface area contributed by atoms with Crippen LogP contribution in [-0.2, 0) is 21.4 Å². The van der Waals surface area contributed by atoms with Gasteiger partial charge in [0.15, 0.2) is 0 Å². The number of sulfonamides is 1. The van der Waals surface area contributed by atoms with Gasteiger partial charge in [-0.1, -0.05) is 36.4 Å². The van der Waals surface area contributed by atoms with Crippen LogP contribution in [0.25, 0.3) is 10.8 Å². The maximum absolute atomic E-state index is 12.9. The maximum atomic E-state index is 12.9. The second-order valence-electron chi connectivity index (χ2n) is 6.70. The summed E-state index contributed by atoms with van der Waals surface area (Å²) >= 11 is 0. The molecule has 0 saturated heterocycles. The Hall–Kier alpha value is -3.39. The third-order valence-electron chi connectivity index (χ3n) is 4.90. The number of carbonyl (C=O) groups is 2. The zero-order chi connectivity index (χ0) is 20.6. The summed E-state index contributed by atoms with van der Waals surface area (Å²) in [5, 5.41) is 6.75. The summed E-state index contributed by atoms with van der Waals surface area (Å²) in [6, 6.07) is 17.3. The molecule has 8 heteroatoms. The molecule has 29 heavy (non-hydrogen) atoms. The first-order valence-corrected chi connectivity index (χ1v) is 10.5. The Labute approximate surface area is 168 Å². The van der Waals surface area contributed by atoms with Gasteiger partial charge in [-0.15, -0.1) is 0 Å². The minimum absolute atomic E-state index is 0.187. The van der Waals surface area contributed by atoms with Crippen LogP contribution < -0.4 is 14.9 Å². The van der Waals surface area contributed by atoms with E-state index in [1.165, 1.54) is 0 Å². The van der Waals surface area contributed by atoms with Gasteiger partial charge in [0, 0.05) is 24.5 Å². The first kappa shape index (κ1) is 18.9. The van der Waals surface area contributed by atoms with Crippen LogP contribution in [-0.4, -0.2) is 33.8 Å². The van der Waals surface area contributed by atoms with Gasteiger partial charge in [0.05, 0.1) is 10.6 Å². The lowest BCUT2D eigenvalue weighted by atomic mass is 10.1. The first-order valence-electron chi connectivity index (χ1n) is 9.04. The molecule has 0 spiro atoms. The molecule has 1 aliphatic heterocycles. The van der Waals surface area contributed by atoms with Gasteiger partial charge in [-0.2, -0.15) is 0 Å². The summed E-state index contributed by atoms with van der Waals surface area (Å²) in [6.07, 6.45) is 0. The van der Waals surface area contributed by atoms with E-state index in [9.17, 15) is 18.0 Å². The monoisotopic (exact) mass is 409 g/mol. The standard InChI is InChI=1S/C21H19N3O4S/c1-22-21(26)16-10-8-14(9-11-16)12-23-19(25)13-24-17-6-2-4-15-5-3-7-18(20(15)17)29(24,27)28/h2-11H,12-13H2,1H3,(H,22,26)(H,23,25). The molecule has 2 amide bonds. The Morgan fingerprint density at radius 1 is 0.966 bits per heavy atom. The number of nitrogens with one attached hydrogen (secondary N) is 2. The van der Waals surface area contributed by atoms with E-state index >= 15 is 0 Å². The number of amides is 2. The number of hydrogen-bond acceptors (Lipinski definition) is 4. The molecule has 0 unspecified atom stereocenters. The quantitative estimate of drug-likeness (QED) is 0.674. The highest BCUT2D eigenvalue weighted by molar-refractivity contribution is 7.93. The van der Waals surface area contributed by atoms with Crippen molar-refractivity contribution in [2.24, 2.45) is 0 Å². The smallest absolute Gasteiger partial charge is 0.265 e. The van der Waals surface area contributed by atoms with Crippen LogP contribution >= 0.6 is 0 Å². The number of hydrogen-bond donors (Lipinski definition) is 2. The summed E-state index contributed by atoms with van der Waals surface area (Å²) in [5.74, 6) is -0.595. The Morgan fingerprint density at radius 2 is 1.66 bits per heavy atom. The molecular formula is C21H19N3O4S. The minimum Gasteiger partial charge on any atom is -0.355 e. The van der Waals surface area contributed by atoms with Crippen LogP contribution in [0.2, 0.25) is 0 Å². The lowest BCUT2D eigenvalue weighted by molar-refractivity contribution is -0.119. The summed E-state index contributed by atoms with van der Waals surface area (Å²) in [7, 11) is -2.21.